The Labute approximate surface area is 138 Å². The standard InChI is InChI=1S/C17H18ClNO2S/c1-12(14-6-8-16(18)9-7-14)19-17(20)15-5-3-4-13(10-15)11-22(2)21/h3-10,12H,11H2,1-2H3,(H,19,20). The summed E-state index contributed by atoms with van der Waals surface area (Å²) in [5.41, 5.74) is 2.46. The van der Waals surface area contributed by atoms with Crippen LogP contribution in [0, 0.1) is 0 Å². The predicted molar refractivity (Wildman–Crippen MR) is 91.5 cm³/mol. The van der Waals surface area contributed by atoms with Crippen LogP contribution in [0.25, 0.3) is 0 Å². The van der Waals surface area contributed by atoms with Gasteiger partial charge >= 0.3 is 0 Å². The summed E-state index contributed by atoms with van der Waals surface area (Å²) >= 11 is 5.86. The summed E-state index contributed by atoms with van der Waals surface area (Å²) < 4.78 is 11.3. The first-order chi connectivity index (χ1) is 10.5. The van der Waals surface area contributed by atoms with E-state index in [1.165, 1.54) is 0 Å². The molecule has 0 saturated heterocycles. The molecule has 22 heavy (non-hydrogen) atoms. The topological polar surface area (TPSA) is 46.2 Å². The van der Waals surface area contributed by atoms with Crippen LogP contribution in [0.1, 0.15) is 34.5 Å². The minimum atomic E-state index is -0.925. The maximum absolute atomic E-state index is 12.3. The second-order valence-electron chi connectivity index (χ2n) is 5.16. The van der Waals surface area contributed by atoms with E-state index in [0.717, 1.165) is 11.1 Å². The Hall–Kier alpha value is -1.65. The van der Waals surface area contributed by atoms with E-state index in [0.29, 0.717) is 16.3 Å². The van der Waals surface area contributed by atoms with Crippen molar-refractivity contribution in [1.29, 1.82) is 0 Å². The van der Waals surface area contributed by atoms with Crippen molar-refractivity contribution in [2.75, 3.05) is 6.26 Å². The molecule has 1 amide bonds. The Morgan fingerprint density at radius 2 is 1.91 bits per heavy atom. The highest BCUT2D eigenvalue weighted by molar-refractivity contribution is 7.83. The van der Waals surface area contributed by atoms with E-state index < -0.39 is 10.8 Å². The number of rotatable bonds is 5. The number of hydrogen-bond acceptors (Lipinski definition) is 2. The number of amides is 1. The number of carbonyl (C=O) groups excluding carboxylic acids is 1. The summed E-state index contributed by atoms with van der Waals surface area (Å²) in [5, 5.41) is 3.62. The molecule has 0 aliphatic rings. The molecule has 0 aromatic heterocycles. The first-order valence-corrected chi connectivity index (χ1v) is 9.01. The second-order valence-corrected chi connectivity index (χ2v) is 7.04. The lowest BCUT2D eigenvalue weighted by Crippen LogP contribution is -2.26. The average molecular weight is 336 g/mol. The first kappa shape index (κ1) is 16.7. The molecule has 0 bridgehead atoms. The van der Waals surface area contributed by atoms with E-state index in [4.69, 9.17) is 11.6 Å². The average Bonchev–Trinajstić information content (AvgIpc) is 2.47. The summed E-state index contributed by atoms with van der Waals surface area (Å²) in [6.07, 6.45) is 1.65. The molecule has 1 N–H and O–H groups in total. The van der Waals surface area contributed by atoms with Gasteiger partial charge in [0, 0.05) is 33.4 Å². The number of benzene rings is 2. The van der Waals surface area contributed by atoms with Gasteiger partial charge in [-0.15, -0.1) is 0 Å². The quantitative estimate of drug-likeness (QED) is 0.905. The third-order valence-corrected chi connectivity index (χ3v) is 4.27. The number of halogens is 1. The Bertz CT molecular complexity index is 685. The van der Waals surface area contributed by atoms with Gasteiger partial charge in [0.15, 0.2) is 0 Å². The van der Waals surface area contributed by atoms with Crippen molar-refractivity contribution < 1.29 is 9.00 Å². The smallest absolute Gasteiger partial charge is 0.251 e. The zero-order valence-electron chi connectivity index (χ0n) is 12.5. The lowest BCUT2D eigenvalue weighted by Gasteiger charge is -2.15. The molecule has 0 radical (unpaired) electrons. The van der Waals surface area contributed by atoms with Crippen molar-refractivity contribution in [2.24, 2.45) is 0 Å². The second kappa shape index (κ2) is 7.56. The predicted octanol–water partition coefficient (Wildman–Crippen LogP) is 3.71. The number of nitrogens with one attached hydrogen (secondary N) is 1. The van der Waals surface area contributed by atoms with Gasteiger partial charge in [-0.3, -0.25) is 9.00 Å². The molecule has 3 nitrogen and oxygen atoms in total. The highest BCUT2D eigenvalue weighted by Crippen LogP contribution is 2.17. The normalized spacial score (nSPS) is 13.4. The van der Waals surface area contributed by atoms with Crippen LogP contribution in [0.4, 0.5) is 0 Å². The highest BCUT2D eigenvalue weighted by Gasteiger charge is 2.12. The largest absolute Gasteiger partial charge is 0.346 e. The summed E-state index contributed by atoms with van der Waals surface area (Å²) in [6.45, 7) is 1.92. The zero-order chi connectivity index (χ0) is 16.1. The molecule has 2 rings (SSSR count). The highest BCUT2D eigenvalue weighted by atomic mass is 35.5. The van der Waals surface area contributed by atoms with Crippen LogP contribution in [-0.4, -0.2) is 16.4 Å². The molecule has 2 aromatic rings. The molecule has 0 aliphatic carbocycles. The molecule has 0 aliphatic heterocycles. The first-order valence-electron chi connectivity index (χ1n) is 6.91. The summed E-state index contributed by atoms with van der Waals surface area (Å²) in [7, 11) is -0.925. The van der Waals surface area contributed by atoms with Crippen LogP contribution in [0.5, 0.6) is 0 Å². The Kier molecular flexibility index (Phi) is 5.75. The lowest BCUT2D eigenvalue weighted by molar-refractivity contribution is 0.0940. The van der Waals surface area contributed by atoms with Crippen LogP contribution in [0.15, 0.2) is 48.5 Å². The number of carbonyl (C=O) groups is 1. The lowest BCUT2D eigenvalue weighted by atomic mass is 10.1. The molecule has 0 heterocycles. The van der Waals surface area contributed by atoms with Gasteiger partial charge in [-0.2, -0.15) is 0 Å². The third-order valence-electron chi connectivity index (χ3n) is 3.28. The summed E-state index contributed by atoms with van der Waals surface area (Å²) in [5.74, 6) is 0.305. The van der Waals surface area contributed by atoms with Crippen molar-refractivity contribution in [3.8, 4) is 0 Å². The van der Waals surface area contributed by atoms with E-state index in [1.807, 2.05) is 31.2 Å². The van der Waals surface area contributed by atoms with E-state index >= 15 is 0 Å². The van der Waals surface area contributed by atoms with Crippen LogP contribution in [-0.2, 0) is 16.6 Å². The van der Waals surface area contributed by atoms with Gasteiger partial charge in [0.2, 0.25) is 0 Å². The van der Waals surface area contributed by atoms with Crippen LogP contribution >= 0.6 is 11.6 Å². The van der Waals surface area contributed by atoms with Gasteiger partial charge in [0.1, 0.15) is 0 Å². The van der Waals surface area contributed by atoms with Gasteiger partial charge in [-0.05, 0) is 42.3 Å². The van der Waals surface area contributed by atoms with Crippen LogP contribution in [0.3, 0.4) is 0 Å². The van der Waals surface area contributed by atoms with Crippen molar-refractivity contribution >= 4 is 28.3 Å². The van der Waals surface area contributed by atoms with Crippen LogP contribution in [0.2, 0.25) is 5.02 Å². The van der Waals surface area contributed by atoms with E-state index in [-0.39, 0.29) is 11.9 Å². The van der Waals surface area contributed by atoms with Gasteiger partial charge in [0.25, 0.3) is 5.91 Å². The fourth-order valence-corrected chi connectivity index (χ4v) is 2.93. The third kappa shape index (κ3) is 4.68. The molecule has 0 saturated carbocycles. The maximum Gasteiger partial charge on any atom is 0.251 e. The number of hydrogen-bond donors (Lipinski definition) is 1. The molecular formula is C17H18ClNO2S. The molecule has 2 unspecified atom stereocenters. The molecule has 0 spiro atoms. The van der Waals surface area contributed by atoms with Crippen molar-refractivity contribution in [2.45, 2.75) is 18.7 Å². The van der Waals surface area contributed by atoms with Crippen molar-refractivity contribution in [3.05, 3.63) is 70.2 Å². The van der Waals surface area contributed by atoms with E-state index in [2.05, 4.69) is 5.32 Å². The van der Waals surface area contributed by atoms with Gasteiger partial charge in [-0.25, -0.2) is 0 Å². The van der Waals surface area contributed by atoms with E-state index in [9.17, 15) is 9.00 Å². The maximum atomic E-state index is 12.3. The summed E-state index contributed by atoms with van der Waals surface area (Å²) in [4.78, 5) is 12.3. The van der Waals surface area contributed by atoms with Crippen molar-refractivity contribution in [1.82, 2.24) is 5.32 Å². The summed E-state index contributed by atoms with van der Waals surface area (Å²) in [6, 6.07) is 14.5. The molecule has 0 fully saturated rings. The van der Waals surface area contributed by atoms with Gasteiger partial charge in [-0.1, -0.05) is 35.9 Å². The van der Waals surface area contributed by atoms with Gasteiger partial charge in [0.05, 0.1) is 6.04 Å². The Morgan fingerprint density at radius 1 is 1.23 bits per heavy atom. The Morgan fingerprint density at radius 3 is 2.55 bits per heavy atom. The fourth-order valence-electron chi connectivity index (χ4n) is 2.15. The zero-order valence-corrected chi connectivity index (χ0v) is 14.1. The molecular weight excluding hydrogens is 318 g/mol. The van der Waals surface area contributed by atoms with Gasteiger partial charge < -0.3 is 5.32 Å². The minimum Gasteiger partial charge on any atom is -0.346 e. The Balaban J connectivity index is 2.08. The SMILES string of the molecule is CC(NC(=O)c1cccc(CS(C)=O)c1)c1ccc(Cl)cc1. The van der Waals surface area contributed by atoms with E-state index in [1.54, 1.807) is 30.5 Å². The molecule has 116 valence electrons. The monoisotopic (exact) mass is 335 g/mol. The molecule has 2 aromatic carbocycles. The molecule has 2 atom stereocenters. The fraction of sp³-hybridized carbons (Fsp3) is 0.235. The van der Waals surface area contributed by atoms with Crippen molar-refractivity contribution in [3.63, 3.8) is 0 Å². The minimum absolute atomic E-state index is 0.117. The molecule has 5 heteroatoms. The van der Waals surface area contributed by atoms with Crippen LogP contribution < -0.4 is 5.32 Å².